The van der Waals surface area contributed by atoms with Crippen LogP contribution in [0, 0.1) is 5.92 Å². The van der Waals surface area contributed by atoms with Gasteiger partial charge in [0.05, 0.1) is 0 Å². The quantitative estimate of drug-likeness (QED) is 0.386. The van der Waals surface area contributed by atoms with Crippen molar-refractivity contribution in [1.29, 1.82) is 0 Å². The molecule has 0 saturated carbocycles. The van der Waals surface area contributed by atoms with Crippen molar-refractivity contribution in [3.05, 3.63) is 34.3 Å². The number of nitrogens with zero attached hydrogens (tertiary/aromatic N) is 2. The zero-order valence-corrected chi connectivity index (χ0v) is 11.9. The highest BCUT2D eigenvalue weighted by Crippen LogP contribution is 2.13. The van der Waals surface area contributed by atoms with Gasteiger partial charge < -0.3 is 15.8 Å². The van der Waals surface area contributed by atoms with E-state index in [-0.39, 0.29) is 17.7 Å². The Hall–Kier alpha value is -1.56. The van der Waals surface area contributed by atoms with Gasteiger partial charge in [0.1, 0.15) is 5.84 Å². The first kappa shape index (κ1) is 14.5. The highest BCUT2D eigenvalue weighted by molar-refractivity contribution is 9.10. The van der Waals surface area contributed by atoms with E-state index in [2.05, 4.69) is 21.1 Å². The van der Waals surface area contributed by atoms with Crippen molar-refractivity contribution >= 4 is 27.7 Å². The van der Waals surface area contributed by atoms with E-state index in [1.54, 1.807) is 37.1 Å². The molecule has 3 N–H and O–H groups in total. The summed E-state index contributed by atoms with van der Waals surface area (Å²) in [5.41, 5.74) is 6.08. The first-order chi connectivity index (χ1) is 8.45. The second kappa shape index (κ2) is 6.39. The summed E-state index contributed by atoms with van der Waals surface area (Å²) in [6.07, 6.45) is 0. The molecular weight excluding hydrogens is 298 g/mol. The summed E-state index contributed by atoms with van der Waals surface area (Å²) in [4.78, 5) is 13.7. The fourth-order valence-electron chi connectivity index (χ4n) is 1.53. The fraction of sp³-hybridized carbons (Fsp3) is 0.333. The van der Waals surface area contributed by atoms with Gasteiger partial charge >= 0.3 is 0 Å². The minimum Gasteiger partial charge on any atom is -0.409 e. The van der Waals surface area contributed by atoms with Gasteiger partial charge in [-0.3, -0.25) is 4.79 Å². The van der Waals surface area contributed by atoms with Gasteiger partial charge in [-0.25, -0.2) is 0 Å². The normalized spacial score (nSPS) is 13.2. The number of carbonyl (C=O) groups excluding carboxylic acids is 1. The molecule has 98 valence electrons. The first-order valence-electron chi connectivity index (χ1n) is 5.44. The predicted molar refractivity (Wildman–Crippen MR) is 73.7 cm³/mol. The Morgan fingerprint density at radius 3 is 2.83 bits per heavy atom. The van der Waals surface area contributed by atoms with Gasteiger partial charge in [0.2, 0.25) is 0 Å². The number of nitrogens with two attached hydrogens (primary N) is 1. The minimum atomic E-state index is -0.198. The maximum absolute atomic E-state index is 12.1. The van der Waals surface area contributed by atoms with E-state index < -0.39 is 0 Å². The van der Waals surface area contributed by atoms with Crippen LogP contribution in [0.2, 0.25) is 0 Å². The van der Waals surface area contributed by atoms with E-state index in [0.29, 0.717) is 12.1 Å². The Morgan fingerprint density at radius 2 is 2.28 bits per heavy atom. The number of hydrogen-bond donors (Lipinski definition) is 2. The lowest BCUT2D eigenvalue weighted by Gasteiger charge is -2.21. The summed E-state index contributed by atoms with van der Waals surface area (Å²) in [6, 6.07) is 7.17. The molecule has 18 heavy (non-hydrogen) atoms. The van der Waals surface area contributed by atoms with E-state index in [4.69, 9.17) is 10.9 Å². The topological polar surface area (TPSA) is 78.9 Å². The smallest absolute Gasteiger partial charge is 0.253 e. The van der Waals surface area contributed by atoms with Crippen LogP contribution in [0.25, 0.3) is 0 Å². The molecule has 1 amide bonds. The largest absolute Gasteiger partial charge is 0.409 e. The molecule has 0 aliphatic heterocycles. The zero-order chi connectivity index (χ0) is 13.7. The Kier molecular flexibility index (Phi) is 5.15. The number of halogens is 1. The number of benzene rings is 1. The maximum atomic E-state index is 12.1. The molecule has 0 bridgehead atoms. The molecule has 1 aromatic rings. The van der Waals surface area contributed by atoms with Gasteiger partial charge in [0, 0.05) is 29.5 Å². The van der Waals surface area contributed by atoms with Gasteiger partial charge in [0.25, 0.3) is 5.91 Å². The van der Waals surface area contributed by atoms with E-state index >= 15 is 0 Å². The van der Waals surface area contributed by atoms with Gasteiger partial charge in [-0.2, -0.15) is 0 Å². The Morgan fingerprint density at radius 1 is 1.61 bits per heavy atom. The van der Waals surface area contributed by atoms with Gasteiger partial charge in [-0.1, -0.05) is 34.1 Å². The van der Waals surface area contributed by atoms with Crippen molar-refractivity contribution in [2.75, 3.05) is 13.6 Å². The average Bonchev–Trinajstić information content (AvgIpc) is 2.36. The van der Waals surface area contributed by atoms with E-state index in [9.17, 15) is 4.79 Å². The third kappa shape index (κ3) is 3.73. The Labute approximate surface area is 114 Å². The molecule has 5 nitrogen and oxygen atoms in total. The summed E-state index contributed by atoms with van der Waals surface area (Å²) in [6.45, 7) is 2.18. The molecule has 0 spiro atoms. The van der Waals surface area contributed by atoms with Crippen molar-refractivity contribution in [3.8, 4) is 0 Å². The summed E-state index contributed by atoms with van der Waals surface area (Å²) in [5, 5.41) is 11.5. The third-order valence-electron chi connectivity index (χ3n) is 2.59. The number of carbonyl (C=O) groups is 1. The summed E-state index contributed by atoms with van der Waals surface area (Å²) in [5.74, 6) is -0.186. The van der Waals surface area contributed by atoms with Gasteiger partial charge in [-0.15, -0.1) is 0 Å². The molecule has 1 rings (SSSR count). The molecule has 0 radical (unpaired) electrons. The molecule has 1 aromatic carbocycles. The summed E-state index contributed by atoms with van der Waals surface area (Å²) >= 11 is 3.32. The second-order valence-electron chi connectivity index (χ2n) is 4.12. The van der Waals surface area contributed by atoms with E-state index in [1.807, 2.05) is 6.07 Å². The highest BCUT2D eigenvalue weighted by Gasteiger charge is 2.16. The minimum absolute atomic E-state index is 0.103. The second-order valence-corrected chi connectivity index (χ2v) is 5.04. The molecule has 0 aliphatic carbocycles. The molecule has 1 unspecified atom stereocenters. The van der Waals surface area contributed by atoms with Crippen LogP contribution in [-0.2, 0) is 0 Å². The standard InChI is InChI=1S/C12H16BrN3O2/c1-8(11(14)15-18)7-16(2)12(17)9-4-3-5-10(13)6-9/h3-6,8,18H,7H2,1-2H3,(H2,14,15). The SMILES string of the molecule is CC(CN(C)C(=O)c1cccc(Br)c1)C(N)=NO. The molecule has 0 fully saturated rings. The molecule has 6 heteroatoms. The lowest BCUT2D eigenvalue weighted by atomic mass is 10.1. The Balaban J connectivity index is 2.73. The lowest BCUT2D eigenvalue weighted by Crippen LogP contribution is -2.36. The summed E-state index contributed by atoms with van der Waals surface area (Å²) < 4.78 is 0.853. The van der Waals surface area contributed by atoms with Crippen molar-refractivity contribution in [2.24, 2.45) is 16.8 Å². The number of hydrogen-bond acceptors (Lipinski definition) is 3. The van der Waals surface area contributed by atoms with Crippen LogP contribution in [0.5, 0.6) is 0 Å². The predicted octanol–water partition coefficient (Wildman–Crippen LogP) is 1.90. The first-order valence-corrected chi connectivity index (χ1v) is 6.23. The fourth-order valence-corrected chi connectivity index (χ4v) is 1.93. The Bertz CT molecular complexity index is 462. The molecule has 0 aliphatic rings. The molecule has 1 atom stereocenters. The van der Waals surface area contributed by atoms with Crippen molar-refractivity contribution in [1.82, 2.24) is 4.90 Å². The monoisotopic (exact) mass is 313 g/mol. The van der Waals surface area contributed by atoms with E-state index in [0.717, 1.165) is 4.47 Å². The highest BCUT2D eigenvalue weighted by atomic mass is 79.9. The zero-order valence-electron chi connectivity index (χ0n) is 10.3. The molecule has 0 aromatic heterocycles. The van der Waals surface area contributed by atoms with Crippen molar-refractivity contribution < 1.29 is 10.0 Å². The van der Waals surface area contributed by atoms with Gasteiger partial charge in [0.15, 0.2) is 0 Å². The number of amides is 1. The van der Waals surface area contributed by atoms with Crippen LogP contribution in [0.1, 0.15) is 17.3 Å². The number of oxime groups is 1. The number of rotatable bonds is 4. The lowest BCUT2D eigenvalue weighted by molar-refractivity contribution is 0.0786. The average molecular weight is 314 g/mol. The molecule has 0 saturated heterocycles. The van der Waals surface area contributed by atoms with Crippen LogP contribution in [-0.4, -0.2) is 35.4 Å². The van der Waals surface area contributed by atoms with Crippen molar-refractivity contribution in [2.45, 2.75) is 6.92 Å². The van der Waals surface area contributed by atoms with Crippen LogP contribution in [0.3, 0.4) is 0 Å². The van der Waals surface area contributed by atoms with Crippen LogP contribution in [0.15, 0.2) is 33.9 Å². The summed E-state index contributed by atoms with van der Waals surface area (Å²) in [7, 11) is 1.68. The maximum Gasteiger partial charge on any atom is 0.253 e. The van der Waals surface area contributed by atoms with Crippen LogP contribution in [0.4, 0.5) is 0 Å². The molecular formula is C12H16BrN3O2. The van der Waals surface area contributed by atoms with Crippen LogP contribution >= 0.6 is 15.9 Å². The van der Waals surface area contributed by atoms with Crippen LogP contribution < -0.4 is 5.73 Å². The van der Waals surface area contributed by atoms with E-state index in [1.165, 1.54) is 0 Å². The van der Waals surface area contributed by atoms with Gasteiger partial charge in [-0.05, 0) is 18.2 Å². The third-order valence-corrected chi connectivity index (χ3v) is 3.08. The number of amidine groups is 1. The van der Waals surface area contributed by atoms with Crippen molar-refractivity contribution in [3.63, 3.8) is 0 Å². The molecule has 0 heterocycles.